The highest BCUT2D eigenvalue weighted by Crippen LogP contribution is 2.12. The molecular formula is C18H22BrNO5. The maximum absolute atomic E-state index is 11.9. The molecule has 0 heterocycles. The summed E-state index contributed by atoms with van der Waals surface area (Å²) in [7, 11) is 1.26. The van der Waals surface area contributed by atoms with Gasteiger partial charge in [-0.1, -0.05) is 48.3 Å². The Balaban J connectivity index is 2.51. The standard InChI is InChI=1S/C18H22BrNO5/c1-4-12(2)17(18(23)24-3)20-15(21)11-25-16(22)9-8-13-6-5-7-14(19)10-13/h5-10,12,17H,4,11H2,1-3H3,(H,20,21)/b9-8+/t12-,17-/m1/s1. The summed E-state index contributed by atoms with van der Waals surface area (Å²) in [6, 6.07) is 6.61. The summed E-state index contributed by atoms with van der Waals surface area (Å²) >= 11 is 3.34. The molecule has 1 rings (SSSR count). The number of benzene rings is 1. The molecule has 0 aliphatic carbocycles. The number of esters is 2. The van der Waals surface area contributed by atoms with E-state index in [0.29, 0.717) is 6.42 Å². The van der Waals surface area contributed by atoms with Crippen molar-refractivity contribution in [1.29, 1.82) is 0 Å². The van der Waals surface area contributed by atoms with Gasteiger partial charge in [0, 0.05) is 10.5 Å². The van der Waals surface area contributed by atoms with Crippen LogP contribution in [0.5, 0.6) is 0 Å². The summed E-state index contributed by atoms with van der Waals surface area (Å²) in [5.41, 5.74) is 0.818. The molecule has 7 heteroatoms. The molecule has 136 valence electrons. The Morgan fingerprint density at radius 3 is 2.64 bits per heavy atom. The summed E-state index contributed by atoms with van der Waals surface area (Å²) in [5.74, 6) is -1.82. The Labute approximate surface area is 155 Å². The van der Waals surface area contributed by atoms with Crippen molar-refractivity contribution in [3.63, 3.8) is 0 Å². The summed E-state index contributed by atoms with van der Waals surface area (Å²) in [4.78, 5) is 35.3. The van der Waals surface area contributed by atoms with Crippen LogP contribution in [0.15, 0.2) is 34.8 Å². The third-order valence-electron chi connectivity index (χ3n) is 3.59. The second-order valence-corrected chi connectivity index (χ2v) is 6.37. The Morgan fingerprint density at radius 1 is 1.32 bits per heavy atom. The Morgan fingerprint density at radius 2 is 2.04 bits per heavy atom. The van der Waals surface area contributed by atoms with E-state index < -0.39 is 30.5 Å². The average Bonchev–Trinajstić information content (AvgIpc) is 2.61. The highest BCUT2D eigenvalue weighted by molar-refractivity contribution is 9.10. The van der Waals surface area contributed by atoms with Crippen LogP contribution in [0.25, 0.3) is 6.08 Å². The van der Waals surface area contributed by atoms with Crippen LogP contribution in [0.1, 0.15) is 25.8 Å². The zero-order valence-corrected chi connectivity index (χ0v) is 16.0. The van der Waals surface area contributed by atoms with Gasteiger partial charge in [0.15, 0.2) is 6.61 Å². The SMILES string of the molecule is CC[C@@H](C)[C@@H](NC(=O)COC(=O)/C=C/c1cccc(Br)c1)C(=O)OC. The van der Waals surface area contributed by atoms with E-state index in [2.05, 4.69) is 26.0 Å². The minimum absolute atomic E-state index is 0.0940. The number of amides is 1. The fourth-order valence-corrected chi connectivity index (χ4v) is 2.39. The van der Waals surface area contributed by atoms with Crippen LogP contribution in [-0.4, -0.2) is 37.6 Å². The van der Waals surface area contributed by atoms with Gasteiger partial charge in [-0.3, -0.25) is 4.79 Å². The van der Waals surface area contributed by atoms with Crippen molar-refractivity contribution in [3.8, 4) is 0 Å². The molecule has 0 fully saturated rings. The summed E-state index contributed by atoms with van der Waals surface area (Å²) < 4.78 is 10.5. The minimum Gasteiger partial charge on any atom is -0.467 e. The summed E-state index contributed by atoms with van der Waals surface area (Å²) in [5, 5.41) is 2.53. The van der Waals surface area contributed by atoms with Gasteiger partial charge >= 0.3 is 11.9 Å². The number of halogens is 1. The number of rotatable bonds is 8. The first-order chi connectivity index (χ1) is 11.9. The number of hydrogen-bond acceptors (Lipinski definition) is 5. The lowest BCUT2D eigenvalue weighted by molar-refractivity contribution is -0.148. The second-order valence-electron chi connectivity index (χ2n) is 5.45. The van der Waals surface area contributed by atoms with Crippen molar-refractivity contribution in [2.75, 3.05) is 13.7 Å². The first-order valence-corrected chi connectivity index (χ1v) is 8.64. The van der Waals surface area contributed by atoms with E-state index in [-0.39, 0.29) is 5.92 Å². The van der Waals surface area contributed by atoms with E-state index >= 15 is 0 Å². The molecule has 0 aromatic heterocycles. The Bertz CT molecular complexity index is 644. The predicted octanol–water partition coefficient (Wildman–Crippen LogP) is 2.71. The van der Waals surface area contributed by atoms with Gasteiger partial charge in [-0.25, -0.2) is 9.59 Å². The molecule has 2 atom stereocenters. The fraction of sp³-hybridized carbons (Fsp3) is 0.389. The third-order valence-corrected chi connectivity index (χ3v) is 4.08. The van der Waals surface area contributed by atoms with Gasteiger partial charge in [-0.2, -0.15) is 0 Å². The lowest BCUT2D eigenvalue weighted by Crippen LogP contribution is -2.47. The lowest BCUT2D eigenvalue weighted by atomic mass is 9.99. The van der Waals surface area contributed by atoms with Crippen molar-refractivity contribution in [1.82, 2.24) is 5.32 Å². The third kappa shape index (κ3) is 7.51. The number of carbonyl (C=O) groups is 3. The highest BCUT2D eigenvalue weighted by atomic mass is 79.9. The van der Waals surface area contributed by atoms with Crippen LogP contribution in [0.4, 0.5) is 0 Å². The van der Waals surface area contributed by atoms with Crippen LogP contribution >= 0.6 is 15.9 Å². The molecule has 0 spiro atoms. The van der Waals surface area contributed by atoms with Gasteiger partial charge in [-0.15, -0.1) is 0 Å². The normalized spacial score (nSPS) is 13.1. The molecule has 0 saturated heterocycles. The molecule has 0 aliphatic rings. The van der Waals surface area contributed by atoms with Gasteiger partial charge in [0.2, 0.25) is 0 Å². The van der Waals surface area contributed by atoms with E-state index in [4.69, 9.17) is 4.74 Å². The van der Waals surface area contributed by atoms with Gasteiger partial charge < -0.3 is 14.8 Å². The monoisotopic (exact) mass is 411 g/mol. The van der Waals surface area contributed by atoms with Gasteiger partial charge in [-0.05, 0) is 29.7 Å². The van der Waals surface area contributed by atoms with Crippen molar-refractivity contribution in [2.24, 2.45) is 5.92 Å². The topological polar surface area (TPSA) is 81.7 Å². The van der Waals surface area contributed by atoms with Gasteiger partial charge in [0.05, 0.1) is 7.11 Å². The number of hydrogen-bond donors (Lipinski definition) is 1. The number of nitrogens with one attached hydrogen (secondary N) is 1. The molecule has 0 unspecified atom stereocenters. The number of ether oxygens (including phenoxy) is 2. The zero-order valence-electron chi connectivity index (χ0n) is 14.5. The Hall–Kier alpha value is -2.15. The van der Waals surface area contributed by atoms with Crippen LogP contribution in [-0.2, 0) is 23.9 Å². The van der Waals surface area contributed by atoms with Crippen molar-refractivity contribution < 1.29 is 23.9 Å². The van der Waals surface area contributed by atoms with Crippen LogP contribution in [0, 0.1) is 5.92 Å². The summed E-state index contributed by atoms with van der Waals surface area (Å²) in [6.07, 6.45) is 3.51. The fourth-order valence-electron chi connectivity index (χ4n) is 1.97. The van der Waals surface area contributed by atoms with Gasteiger partial charge in [0.25, 0.3) is 5.91 Å². The molecule has 0 saturated carbocycles. The molecule has 1 aromatic rings. The second kappa shape index (κ2) is 10.7. The van der Waals surface area contributed by atoms with E-state index in [1.807, 2.05) is 38.1 Å². The lowest BCUT2D eigenvalue weighted by Gasteiger charge is -2.21. The molecule has 25 heavy (non-hydrogen) atoms. The van der Waals surface area contributed by atoms with E-state index in [1.54, 1.807) is 6.08 Å². The maximum Gasteiger partial charge on any atom is 0.331 e. The molecule has 6 nitrogen and oxygen atoms in total. The highest BCUT2D eigenvalue weighted by Gasteiger charge is 2.26. The number of carbonyl (C=O) groups excluding carboxylic acids is 3. The van der Waals surface area contributed by atoms with E-state index in [0.717, 1.165) is 10.0 Å². The predicted molar refractivity (Wildman–Crippen MR) is 97.5 cm³/mol. The van der Waals surface area contributed by atoms with Crippen molar-refractivity contribution in [2.45, 2.75) is 26.3 Å². The average molecular weight is 412 g/mol. The van der Waals surface area contributed by atoms with E-state index in [1.165, 1.54) is 13.2 Å². The number of methoxy groups -OCH3 is 1. The molecule has 1 aromatic carbocycles. The summed E-state index contributed by atoms with van der Waals surface area (Å²) in [6.45, 7) is 3.26. The van der Waals surface area contributed by atoms with Gasteiger partial charge in [0.1, 0.15) is 6.04 Å². The smallest absolute Gasteiger partial charge is 0.331 e. The minimum atomic E-state index is -0.765. The molecule has 1 N–H and O–H groups in total. The first-order valence-electron chi connectivity index (χ1n) is 7.85. The van der Waals surface area contributed by atoms with E-state index in [9.17, 15) is 14.4 Å². The van der Waals surface area contributed by atoms with Crippen molar-refractivity contribution in [3.05, 3.63) is 40.4 Å². The molecule has 0 bridgehead atoms. The first kappa shape index (κ1) is 20.9. The zero-order chi connectivity index (χ0) is 18.8. The molecule has 1 amide bonds. The molecular weight excluding hydrogens is 390 g/mol. The Kier molecular flexibility index (Phi) is 8.91. The maximum atomic E-state index is 11.9. The van der Waals surface area contributed by atoms with Crippen molar-refractivity contribution >= 4 is 39.9 Å². The van der Waals surface area contributed by atoms with Crippen LogP contribution in [0.3, 0.4) is 0 Å². The molecule has 0 radical (unpaired) electrons. The largest absolute Gasteiger partial charge is 0.467 e. The van der Waals surface area contributed by atoms with Crippen LogP contribution in [0.2, 0.25) is 0 Å². The molecule has 0 aliphatic heterocycles. The van der Waals surface area contributed by atoms with Crippen LogP contribution < -0.4 is 5.32 Å². The quantitative estimate of drug-likeness (QED) is 0.525.